The fraction of sp³-hybridized carbons (Fsp3) is 0.200. The zero-order valence-electron chi connectivity index (χ0n) is 15.6. The van der Waals surface area contributed by atoms with Gasteiger partial charge in [0.05, 0.1) is 24.5 Å². The number of carbonyl (C=O) groups is 2. The summed E-state index contributed by atoms with van der Waals surface area (Å²) in [5, 5.41) is 9.89. The number of nitrogens with zero attached hydrogens (tertiary/aromatic N) is 3. The summed E-state index contributed by atoms with van der Waals surface area (Å²) in [6.45, 7) is 1.82. The molecule has 4 rings (SSSR count). The summed E-state index contributed by atoms with van der Waals surface area (Å²) in [6.07, 6.45) is 3.51. The third kappa shape index (κ3) is 3.66. The highest BCUT2D eigenvalue weighted by Crippen LogP contribution is 2.29. The Balaban J connectivity index is 1.57. The van der Waals surface area contributed by atoms with E-state index in [1.54, 1.807) is 41.1 Å². The number of cyclic esters (lactones) is 1. The molecule has 1 aromatic carbocycles. The normalized spacial score (nSPS) is 16.1. The molecule has 2 N–H and O–H groups in total. The van der Waals surface area contributed by atoms with Crippen LogP contribution in [0.1, 0.15) is 12.6 Å². The van der Waals surface area contributed by atoms with E-state index in [4.69, 9.17) is 10.1 Å². The Kier molecular flexibility index (Phi) is 4.71. The molecule has 0 spiro atoms. The third-order valence-electron chi connectivity index (χ3n) is 4.65. The number of fused-ring (bicyclic) bond motifs is 1. The molecular weight excluding hydrogens is 377 g/mol. The Labute approximate surface area is 165 Å². The lowest BCUT2D eigenvalue weighted by Crippen LogP contribution is -2.33. The molecule has 148 valence electrons. The number of ether oxygens (including phenoxy) is 1. The number of nitrogens with one attached hydrogen (secondary N) is 2. The molecule has 9 heteroatoms. The Morgan fingerprint density at radius 1 is 1.38 bits per heavy atom. The van der Waals surface area contributed by atoms with E-state index in [0.717, 1.165) is 6.21 Å². The van der Waals surface area contributed by atoms with Crippen LogP contribution in [0.25, 0.3) is 16.8 Å². The van der Waals surface area contributed by atoms with Crippen molar-refractivity contribution in [1.82, 2.24) is 14.7 Å². The monoisotopic (exact) mass is 395 g/mol. The molecule has 0 aliphatic carbocycles. The predicted octanol–water partition coefficient (Wildman–Crippen LogP) is 2.60. The van der Waals surface area contributed by atoms with Crippen LogP contribution in [0.3, 0.4) is 0 Å². The number of hydrogen-bond donors (Lipinski definition) is 2. The topological polar surface area (TPSA) is 99.8 Å². The second-order valence-electron chi connectivity index (χ2n) is 6.71. The van der Waals surface area contributed by atoms with Crippen molar-refractivity contribution in [2.75, 3.05) is 18.0 Å². The van der Waals surface area contributed by atoms with Gasteiger partial charge in [-0.25, -0.2) is 14.2 Å². The number of amides is 2. The zero-order valence-corrected chi connectivity index (χ0v) is 15.6. The van der Waals surface area contributed by atoms with Gasteiger partial charge in [0.1, 0.15) is 17.6 Å². The van der Waals surface area contributed by atoms with Gasteiger partial charge in [0, 0.05) is 36.7 Å². The molecule has 1 aliphatic heterocycles. The summed E-state index contributed by atoms with van der Waals surface area (Å²) in [7, 11) is 0. The predicted molar refractivity (Wildman–Crippen MR) is 105 cm³/mol. The minimum atomic E-state index is -0.577. The Bertz CT molecular complexity index is 1130. The minimum Gasteiger partial charge on any atom is -0.442 e. The van der Waals surface area contributed by atoms with Crippen LogP contribution in [0.2, 0.25) is 0 Å². The van der Waals surface area contributed by atoms with Crippen LogP contribution in [0.5, 0.6) is 0 Å². The maximum atomic E-state index is 14.8. The number of halogens is 1. The molecule has 1 saturated heterocycles. The van der Waals surface area contributed by atoms with E-state index < -0.39 is 18.0 Å². The minimum absolute atomic E-state index is 0.209. The smallest absolute Gasteiger partial charge is 0.414 e. The van der Waals surface area contributed by atoms with Crippen LogP contribution in [0, 0.1) is 11.2 Å². The molecule has 0 radical (unpaired) electrons. The van der Waals surface area contributed by atoms with Crippen molar-refractivity contribution >= 4 is 29.5 Å². The van der Waals surface area contributed by atoms with Gasteiger partial charge in [-0.3, -0.25) is 9.69 Å². The van der Waals surface area contributed by atoms with Gasteiger partial charge in [0.25, 0.3) is 0 Å². The summed E-state index contributed by atoms with van der Waals surface area (Å²) in [6, 6.07) is 8.05. The van der Waals surface area contributed by atoms with Crippen molar-refractivity contribution in [3.8, 4) is 11.1 Å². The molecule has 3 aromatic rings. The standard InChI is InChI=1S/C20H18FN5O3/c1-12(27)23-8-16-11-26(20(28)29-16)15-3-4-17(18(21)6-15)13-2-5-19-24-14(7-22)10-25(19)9-13/h2-7,9-10,16,22H,8,11H2,1H3,(H,23,27)/t16-/m0/s1. The van der Waals surface area contributed by atoms with Gasteiger partial charge in [-0.05, 0) is 30.3 Å². The average molecular weight is 395 g/mol. The largest absolute Gasteiger partial charge is 0.442 e. The maximum Gasteiger partial charge on any atom is 0.414 e. The van der Waals surface area contributed by atoms with Crippen molar-refractivity contribution < 1.29 is 18.7 Å². The third-order valence-corrected chi connectivity index (χ3v) is 4.65. The van der Waals surface area contributed by atoms with Gasteiger partial charge < -0.3 is 19.9 Å². The average Bonchev–Trinajstić information content (AvgIpc) is 3.28. The van der Waals surface area contributed by atoms with Gasteiger partial charge in [-0.1, -0.05) is 0 Å². The SMILES string of the molecule is CC(=O)NC[C@H]1CN(c2ccc(-c3ccc4nc(C=N)cn4c3)c(F)c2)C(=O)O1. The fourth-order valence-corrected chi connectivity index (χ4v) is 3.24. The number of aromatic nitrogens is 2. The maximum absolute atomic E-state index is 14.8. The number of anilines is 1. The fourth-order valence-electron chi connectivity index (χ4n) is 3.24. The van der Waals surface area contributed by atoms with Crippen molar-refractivity contribution in [3.63, 3.8) is 0 Å². The first-order valence-electron chi connectivity index (χ1n) is 8.96. The molecule has 1 atom stereocenters. The molecule has 2 aromatic heterocycles. The number of hydrogen-bond acceptors (Lipinski definition) is 5. The van der Waals surface area contributed by atoms with E-state index >= 15 is 0 Å². The van der Waals surface area contributed by atoms with E-state index in [-0.39, 0.29) is 19.0 Å². The van der Waals surface area contributed by atoms with Gasteiger partial charge in [0.2, 0.25) is 5.91 Å². The second kappa shape index (κ2) is 7.34. The molecule has 1 aliphatic rings. The highest BCUT2D eigenvalue weighted by Gasteiger charge is 2.32. The molecule has 0 unspecified atom stereocenters. The molecule has 8 nitrogen and oxygen atoms in total. The van der Waals surface area contributed by atoms with E-state index in [0.29, 0.717) is 28.2 Å². The van der Waals surface area contributed by atoms with E-state index in [9.17, 15) is 14.0 Å². The van der Waals surface area contributed by atoms with Crippen LogP contribution >= 0.6 is 0 Å². The van der Waals surface area contributed by atoms with Gasteiger partial charge >= 0.3 is 6.09 Å². The van der Waals surface area contributed by atoms with Crippen LogP contribution in [-0.4, -0.2) is 46.8 Å². The summed E-state index contributed by atoms with van der Waals surface area (Å²) < 4.78 is 21.8. The summed E-state index contributed by atoms with van der Waals surface area (Å²) >= 11 is 0. The molecule has 2 amide bonds. The molecule has 1 fully saturated rings. The van der Waals surface area contributed by atoms with Crippen LogP contribution < -0.4 is 10.2 Å². The Morgan fingerprint density at radius 3 is 2.93 bits per heavy atom. The van der Waals surface area contributed by atoms with Crippen molar-refractivity contribution in [2.45, 2.75) is 13.0 Å². The van der Waals surface area contributed by atoms with Gasteiger partial charge in [-0.15, -0.1) is 0 Å². The molecule has 0 saturated carbocycles. The summed E-state index contributed by atoms with van der Waals surface area (Å²) in [4.78, 5) is 28.7. The number of imidazole rings is 1. The number of benzene rings is 1. The molecule has 29 heavy (non-hydrogen) atoms. The highest BCUT2D eigenvalue weighted by atomic mass is 19.1. The lowest BCUT2D eigenvalue weighted by Gasteiger charge is -2.14. The van der Waals surface area contributed by atoms with Gasteiger partial charge in [-0.2, -0.15) is 0 Å². The lowest BCUT2D eigenvalue weighted by atomic mass is 10.1. The second-order valence-corrected chi connectivity index (χ2v) is 6.71. The Morgan fingerprint density at radius 2 is 2.21 bits per heavy atom. The van der Waals surface area contributed by atoms with Crippen molar-refractivity contribution in [2.24, 2.45) is 0 Å². The zero-order chi connectivity index (χ0) is 20.5. The quantitative estimate of drug-likeness (QED) is 0.649. The van der Waals surface area contributed by atoms with E-state index in [2.05, 4.69) is 10.3 Å². The first kappa shape index (κ1) is 18.6. The molecular formula is C20H18FN5O3. The number of pyridine rings is 1. The lowest BCUT2D eigenvalue weighted by molar-refractivity contribution is -0.119. The molecule has 0 bridgehead atoms. The number of carbonyl (C=O) groups excluding carboxylic acids is 2. The van der Waals surface area contributed by atoms with E-state index in [1.807, 2.05) is 0 Å². The highest BCUT2D eigenvalue weighted by molar-refractivity contribution is 5.90. The first-order valence-corrected chi connectivity index (χ1v) is 8.96. The Hall–Kier alpha value is -3.75. The summed E-state index contributed by atoms with van der Waals surface area (Å²) in [5.74, 6) is -0.690. The van der Waals surface area contributed by atoms with Crippen LogP contribution in [-0.2, 0) is 9.53 Å². The van der Waals surface area contributed by atoms with Crippen molar-refractivity contribution in [3.05, 3.63) is 54.2 Å². The van der Waals surface area contributed by atoms with E-state index in [1.165, 1.54) is 17.9 Å². The molecule has 3 heterocycles. The van der Waals surface area contributed by atoms with Crippen LogP contribution in [0.15, 0.2) is 42.7 Å². The van der Waals surface area contributed by atoms with Crippen molar-refractivity contribution in [1.29, 1.82) is 5.41 Å². The van der Waals surface area contributed by atoms with Crippen LogP contribution in [0.4, 0.5) is 14.9 Å². The van der Waals surface area contributed by atoms with Gasteiger partial charge in [0.15, 0.2) is 0 Å². The summed E-state index contributed by atoms with van der Waals surface area (Å²) in [5.41, 5.74) is 2.58. The number of rotatable bonds is 5. The first-order chi connectivity index (χ1) is 13.9.